The predicted octanol–water partition coefficient (Wildman–Crippen LogP) is 3.63. The average molecular weight is 460 g/mol. The van der Waals surface area contributed by atoms with Crippen molar-refractivity contribution in [1.82, 2.24) is 0 Å². The summed E-state index contributed by atoms with van der Waals surface area (Å²) in [5, 5.41) is 9.19. The lowest BCUT2D eigenvalue weighted by Gasteiger charge is -2.25. The zero-order valence-electron chi connectivity index (χ0n) is 20.7. The number of carboxylic acids is 1. The van der Waals surface area contributed by atoms with Crippen molar-refractivity contribution in [3.8, 4) is 0 Å². The van der Waals surface area contributed by atoms with Gasteiger partial charge in [0, 0.05) is 50.7 Å². The Kier molecular flexibility index (Phi) is 8.08. The van der Waals surface area contributed by atoms with Crippen LogP contribution >= 0.6 is 0 Å². The van der Waals surface area contributed by atoms with E-state index in [1.165, 1.54) is 0 Å². The minimum Gasteiger partial charge on any atom is -0.480 e. The van der Waals surface area contributed by atoms with Gasteiger partial charge in [-0.3, -0.25) is 4.79 Å². The summed E-state index contributed by atoms with van der Waals surface area (Å²) in [7, 11) is 8.14. The number of carbonyl (C=O) groups is 1. The number of rotatable bonds is 8. The number of aliphatic carboxylic acids is 1. The summed E-state index contributed by atoms with van der Waals surface area (Å²) in [5.41, 5.74) is 13.5. The van der Waals surface area contributed by atoms with Gasteiger partial charge in [0.05, 0.1) is 0 Å². The fourth-order valence-electron chi connectivity index (χ4n) is 3.92. The van der Waals surface area contributed by atoms with E-state index in [2.05, 4.69) is 70.2 Å². The second kappa shape index (κ2) is 11.0. The second-order valence-corrected chi connectivity index (χ2v) is 8.79. The first-order valence-electron chi connectivity index (χ1n) is 11.5. The number of anilines is 2. The summed E-state index contributed by atoms with van der Waals surface area (Å²) in [6, 6.07) is 15.9. The second-order valence-electron chi connectivity index (χ2n) is 8.79. The third kappa shape index (κ3) is 5.83. The van der Waals surface area contributed by atoms with Crippen LogP contribution in [0.5, 0.6) is 0 Å². The van der Waals surface area contributed by atoms with Gasteiger partial charge in [-0.05, 0) is 65.6 Å². The first-order valence-corrected chi connectivity index (χ1v) is 11.5. The molecule has 0 saturated carbocycles. The number of likely N-dealkylation sites (N-methyl/N-ethyl adjacent to an activating group) is 1. The molecule has 1 aliphatic rings. The normalized spacial score (nSPS) is 13.6. The highest BCUT2D eigenvalue weighted by atomic mass is 16.4. The maximum atomic E-state index is 11.2. The van der Waals surface area contributed by atoms with Gasteiger partial charge >= 0.3 is 5.97 Å². The Morgan fingerprint density at radius 1 is 0.912 bits per heavy atom. The van der Waals surface area contributed by atoms with Gasteiger partial charge in [-0.2, -0.15) is 0 Å². The van der Waals surface area contributed by atoms with Gasteiger partial charge in [0.1, 0.15) is 20.1 Å². The molecule has 0 saturated heterocycles. The summed E-state index contributed by atoms with van der Waals surface area (Å²) >= 11 is 0. The zero-order chi connectivity index (χ0) is 24.8. The van der Waals surface area contributed by atoms with Gasteiger partial charge < -0.3 is 20.6 Å². The lowest BCUT2D eigenvalue weighted by atomic mass is 9.90. The zero-order valence-corrected chi connectivity index (χ0v) is 20.7. The third-order valence-electron chi connectivity index (χ3n) is 5.98. The highest BCUT2D eigenvalue weighted by Crippen LogP contribution is 2.32. The summed E-state index contributed by atoms with van der Waals surface area (Å²) in [6.45, 7) is 2.94. The Balaban J connectivity index is 2.03. The maximum absolute atomic E-state index is 11.2. The van der Waals surface area contributed by atoms with Gasteiger partial charge in [0.15, 0.2) is 5.71 Å². The summed E-state index contributed by atoms with van der Waals surface area (Å²) in [6.07, 6.45) is 8.57. The van der Waals surface area contributed by atoms with Crippen molar-refractivity contribution in [2.24, 2.45) is 5.73 Å². The summed E-state index contributed by atoms with van der Waals surface area (Å²) in [5.74, 6) is -0.993. The highest BCUT2D eigenvalue weighted by Gasteiger charge is 2.17. The molecular weight excluding hydrogens is 424 g/mol. The molecule has 0 aliphatic heterocycles. The SMILES string of the molecule is CCN(C[C@H](N)C(=O)O)c1ccc(C(=C2C=CC(=[N+](C)C)C=C2)c2ccc(N(C)C)cc2)cc1. The van der Waals surface area contributed by atoms with Crippen LogP contribution in [0, 0.1) is 0 Å². The van der Waals surface area contributed by atoms with E-state index in [4.69, 9.17) is 5.73 Å². The lowest BCUT2D eigenvalue weighted by Crippen LogP contribution is -2.42. The lowest BCUT2D eigenvalue weighted by molar-refractivity contribution is -0.462. The fourth-order valence-corrected chi connectivity index (χ4v) is 3.92. The highest BCUT2D eigenvalue weighted by molar-refractivity contribution is 6.04. The smallest absolute Gasteiger partial charge is 0.322 e. The molecule has 0 radical (unpaired) electrons. The van der Waals surface area contributed by atoms with E-state index in [1.54, 1.807) is 0 Å². The molecule has 6 nitrogen and oxygen atoms in total. The van der Waals surface area contributed by atoms with E-state index in [0.29, 0.717) is 6.54 Å². The molecule has 1 atom stereocenters. The Bertz CT molecular complexity index is 1120. The molecule has 0 heterocycles. The standard InChI is InChI=1S/C28H34N4O2/c1-6-32(19-26(29)28(33)34)25-17-11-22(12-18-25)27(20-7-13-23(14-8-20)30(2)3)21-9-15-24(16-10-21)31(4)5/h7-18,26H,6,19,29H2,1-5H3/p+1/t26-/m0/s1. The first-order chi connectivity index (χ1) is 16.2. The van der Waals surface area contributed by atoms with Crippen LogP contribution in [0.15, 0.2) is 78.4 Å². The topological polar surface area (TPSA) is 72.8 Å². The Morgan fingerprint density at radius 3 is 1.82 bits per heavy atom. The van der Waals surface area contributed by atoms with E-state index in [0.717, 1.165) is 39.4 Å². The van der Waals surface area contributed by atoms with Crippen LogP contribution in [-0.4, -0.2) is 68.7 Å². The first kappa shape index (κ1) is 25.0. The average Bonchev–Trinajstić information content (AvgIpc) is 2.83. The number of allylic oxidation sites excluding steroid dienone is 5. The predicted molar refractivity (Wildman–Crippen MR) is 142 cm³/mol. The molecule has 0 amide bonds. The van der Waals surface area contributed by atoms with Crippen LogP contribution in [0.3, 0.4) is 0 Å². The monoisotopic (exact) mass is 459 g/mol. The van der Waals surface area contributed by atoms with Gasteiger partial charge in [-0.15, -0.1) is 0 Å². The van der Waals surface area contributed by atoms with Crippen LogP contribution in [0.4, 0.5) is 11.4 Å². The van der Waals surface area contributed by atoms with Crippen molar-refractivity contribution in [1.29, 1.82) is 0 Å². The summed E-state index contributed by atoms with van der Waals surface area (Å²) in [4.78, 5) is 15.3. The number of benzene rings is 2. The molecule has 0 spiro atoms. The van der Waals surface area contributed by atoms with Crippen molar-refractivity contribution >= 4 is 28.6 Å². The van der Waals surface area contributed by atoms with Crippen molar-refractivity contribution in [3.63, 3.8) is 0 Å². The Morgan fingerprint density at radius 2 is 1.41 bits per heavy atom. The molecule has 0 unspecified atom stereocenters. The van der Waals surface area contributed by atoms with Gasteiger partial charge in [-0.25, -0.2) is 4.58 Å². The van der Waals surface area contributed by atoms with E-state index < -0.39 is 12.0 Å². The van der Waals surface area contributed by atoms with Gasteiger partial charge in [-0.1, -0.05) is 24.3 Å². The molecule has 178 valence electrons. The van der Waals surface area contributed by atoms with Crippen molar-refractivity contribution < 1.29 is 14.5 Å². The minimum absolute atomic E-state index is 0.264. The minimum atomic E-state index is -0.993. The molecule has 3 N–H and O–H groups in total. The number of nitrogens with zero attached hydrogens (tertiary/aromatic N) is 3. The van der Waals surface area contributed by atoms with Crippen LogP contribution in [0.2, 0.25) is 0 Å². The van der Waals surface area contributed by atoms with Crippen LogP contribution < -0.4 is 15.5 Å². The molecular formula is C28H35N4O2+. The van der Waals surface area contributed by atoms with E-state index in [-0.39, 0.29) is 6.54 Å². The van der Waals surface area contributed by atoms with E-state index in [9.17, 15) is 9.90 Å². The molecule has 0 bridgehead atoms. The van der Waals surface area contributed by atoms with Crippen LogP contribution in [0.1, 0.15) is 18.1 Å². The van der Waals surface area contributed by atoms with Crippen molar-refractivity contribution in [3.05, 3.63) is 89.5 Å². The van der Waals surface area contributed by atoms with Gasteiger partial charge in [0.25, 0.3) is 0 Å². The fraction of sp³-hybridized carbons (Fsp3) is 0.286. The third-order valence-corrected chi connectivity index (χ3v) is 5.98. The summed E-state index contributed by atoms with van der Waals surface area (Å²) < 4.78 is 2.09. The largest absolute Gasteiger partial charge is 0.480 e. The number of hydrogen-bond donors (Lipinski definition) is 2. The van der Waals surface area contributed by atoms with E-state index >= 15 is 0 Å². The number of carboxylic acid groups (broad SMARTS) is 1. The maximum Gasteiger partial charge on any atom is 0.322 e. The molecule has 34 heavy (non-hydrogen) atoms. The van der Waals surface area contributed by atoms with Gasteiger partial charge in [0.2, 0.25) is 0 Å². The van der Waals surface area contributed by atoms with Crippen LogP contribution in [0.25, 0.3) is 5.57 Å². The Hall–Kier alpha value is -3.64. The molecule has 2 aromatic rings. The van der Waals surface area contributed by atoms with E-state index in [1.807, 2.05) is 52.1 Å². The van der Waals surface area contributed by atoms with Crippen molar-refractivity contribution in [2.45, 2.75) is 13.0 Å². The molecule has 0 aromatic heterocycles. The number of hydrogen-bond acceptors (Lipinski definition) is 4. The number of nitrogens with two attached hydrogens (primary N) is 1. The van der Waals surface area contributed by atoms with Crippen LogP contribution in [-0.2, 0) is 4.79 Å². The Labute approximate surface area is 202 Å². The van der Waals surface area contributed by atoms with Crippen molar-refractivity contribution in [2.75, 3.05) is 51.1 Å². The molecule has 0 fully saturated rings. The molecule has 3 rings (SSSR count). The molecule has 2 aromatic carbocycles. The molecule has 6 heteroatoms. The quantitative estimate of drug-likeness (QED) is 0.590. The molecule has 1 aliphatic carbocycles.